The standard InChI is InChI=1S/C12H18BO5P/c1-11(2)12(3,4)18-13(17-11)9-6-5-7-10(8-9)19(14,15)16/h5-8H,1-4H3,(H2,14,15,16). The maximum atomic E-state index is 11.3. The number of hydrogen-bond acceptors (Lipinski definition) is 3. The summed E-state index contributed by atoms with van der Waals surface area (Å²) in [5, 5.41) is -0.0280. The zero-order valence-corrected chi connectivity index (χ0v) is 12.3. The molecule has 1 heterocycles. The zero-order valence-electron chi connectivity index (χ0n) is 11.5. The van der Waals surface area contributed by atoms with Crippen molar-refractivity contribution in [1.82, 2.24) is 0 Å². The average Bonchev–Trinajstić information content (AvgIpc) is 2.47. The van der Waals surface area contributed by atoms with Crippen molar-refractivity contribution in [2.24, 2.45) is 0 Å². The highest BCUT2D eigenvalue weighted by molar-refractivity contribution is 7.60. The van der Waals surface area contributed by atoms with Crippen molar-refractivity contribution in [1.29, 1.82) is 0 Å². The van der Waals surface area contributed by atoms with E-state index in [0.29, 0.717) is 5.46 Å². The Hall–Kier alpha value is -0.645. The second-order valence-electron chi connectivity index (χ2n) is 5.73. The van der Waals surface area contributed by atoms with Crippen LogP contribution in [0.2, 0.25) is 0 Å². The molecule has 1 aromatic rings. The fourth-order valence-corrected chi connectivity index (χ4v) is 2.43. The Kier molecular flexibility index (Phi) is 3.44. The van der Waals surface area contributed by atoms with Gasteiger partial charge in [-0.1, -0.05) is 12.1 Å². The van der Waals surface area contributed by atoms with Gasteiger partial charge in [0, 0.05) is 0 Å². The molecule has 0 amide bonds. The van der Waals surface area contributed by atoms with Gasteiger partial charge in [0.2, 0.25) is 0 Å². The van der Waals surface area contributed by atoms with Gasteiger partial charge in [-0.3, -0.25) is 4.57 Å². The lowest BCUT2D eigenvalue weighted by molar-refractivity contribution is 0.00578. The van der Waals surface area contributed by atoms with Gasteiger partial charge < -0.3 is 19.1 Å². The second kappa shape index (κ2) is 4.43. The predicted octanol–water partition coefficient (Wildman–Crippen LogP) is 0.789. The van der Waals surface area contributed by atoms with Crippen molar-refractivity contribution < 1.29 is 23.7 Å². The molecule has 104 valence electrons. The minimum absolute atomic E-state index is 0.0280. The summed E-state index contributed by atoms with van der Waals surface area (Å²) in [7, 11) is -4.88. The maximum absolute atomic E-state index is 11.3. The van der Waals surface area contributed by atoms with E-state index in [1.54, 1.807) is 12.1 Å². The summed E-state index contributed by atoms with van der Waals surface area (Å²) >= 11 is 0. The maximum Gasteiger partial charge on any atom is 0.494 e. The quantitative estimate of drug-likeness (QED) is 0.620. The van der Waals surface area contributed by atoms with Gasteiger partial charge >= 0.3 is 14.7 Å². The van der Waals surface area contributed by atoms with Crippen LogP contribution in [0.3, 0.4) is 0 Å². The first-order valence-corrected chi connectivity index (χ1v) is 7.66. The van der Waals surface area contributed by atoms with Crippen LogP contribution in [-0.2, 0) is 13.9 Å². The molecule has 5 nitrogen and oxygen atoms in total. The predicted molar refractivity (Wildman–Crippen MR) is 73.8 cm³/mol. The van der Waals surface area contributed by atoms with E-state index in [9.17, 15) is 14.4 Å². The van der Waals surface area contributed by atoms with Gasteiger partial charge in [-0.15, -0.1) is 0 Å². The third-order valence-corrected chi connectivity index (χ3v) is 4.68. The van der Waals surface area contributed by atoms with Gasteiger partial charge in [-0.05, 0) is 45.3 Å². The molecule has 0 aromatic heterocycles. The summed E-state index contributed by atoms with van der Waals surface area (Å²) in [5.74, 6) is 0. The number of hydrogen-bond donors (Lipinski definition) is 2. The zero-order chi connectivity index (χ0) is 14.5. The van der Waals surface area contributed by atoms with Crippen LogP contribution in [0.15, 0.2) is 24.3 Å². The topological polar surface area (TPSA) is 76.0 Å². The molecule has 0 spiro atoms. The van der Waals surface area contributed by atoms with Crippen molar-refractivity contribution in [3.8, 4) is 0 Å². The lowest BCUT2D eigenvalue weighted by Crippen LogP contribution is -2.41. The Morgan fingerprint density at radius 2 is 1.63 bits per heavy atom. The molecule has 1 saturated heterocycles. The van der Waals surface area contributed by atoms with Gasteiger partial charge in [0.05, 0.1) is 16.5 Å². The lowest BCUT2D eigenvalue weighted by atomic mass is 9.79. The van der Waals surface area contributed by atoms with Gasteiger partial charge in [-0.2, -0.15) is 0 Å². The summed E-state index contributed by atoms with van der Waals surface area (Å²) in [6.07, 6.45) is 0. The van der Waals surface area contributed by atoms with Crippen molar-refractivity contribution in [2.75, 3.05) is 0 Å². The fraction of sp³-hybridized carbons (Fsp3) is 0.500. The van der Waals surface area contributed by atoms with E-state index in [4.69, 9.17) is 9.31 Å². The molecule has 0 atom stereocenters. The number of rotatable bonds is 2. The monoisotopic (exact) mass is 284 g/mol. The summed E-state index contributed by atoms with van der Waals surface area (Å²) in [6, 6.07) is 6.16. The molecule has 1 aromatic carbocycles. The molecular formula is C12H18BO5P. The molecule has 0 bridgehead atoms. The molecule has 0 aliphatic carbocycles. The van der Waals surface area contributed by atoms with Crippen molar-refractivity contribution in [3.05, 3.63) is 24.3 Å². The van der Waals surface area contributed by atoms with E-state index in [1.165, 1.54) is 12.1 Å². The summed E-state index contributed by atoms with van der Waals surface area (Å²) in [6.45, 7) is 7.72. The first-order valence-electron chi connectivity index (χ1n) is 6.05. The second-order valence-corrected chi connectivity index (χ2v) is 7.33. The van der Waals surface area contributed by atoms with E-state index in [2.05, 4.69) is 0 Å². The van der Waals surface area contributed by atoms with E-state index in [1.807, 2.05) is 27.7 Å². The van der Waals surface area contributed by atoms with Crippen LogP contribution >= 0.6 is 7.60 Å². The van der Waals surface area contributed by atoms with Crippen LogP contribution in [0.1, 0.15) is 27.7 Å². The Bertz CT molecular complexity index is 521. The highest BCUT2D eigenvalue weighted by Crippen LogP contribution is 2.37. The lowest BCUT2D eigenvalue weighted by Gasteiger charge is -2.32. The fourth-order valence-electron chi connectivity index (χ4n) is 1.83. The first-order chi connectivity index (χ1) is 8.53. The smallest absolute Gasteiger partial charge is 0.399 e. The van der Waals surface area contributed by atoms with Gasteiger partial charge in [0.15, 0.2) is 0 Å². The highest BCUT2D eigenvalue weighted by Gasteiger charge is 2.51. The molecule has 2 N–H and O–H groups in total. The van der Waals surface area contributed by atoms with Crippen molar-refractivity contribution in [3.63, 3.8) is 0 Å². The molecule has 1 aliphatic rings. The number of benzene rings is 1. The third kappa shape index (κ3) is 2.78. The minimum Gasteiger partial charge on any atom is -0.399 e. The SMILES string of the molecule is CC1(C)OB(c2cccc(P(=O)(O)O)c2)OC1(C)C. The van der Waals surface area contributed by atoms with Crippen molar-refractivity contribution in [2.45, 2.75) is 38.9 Å². The van der Waals surface area contributed by atoms with Crippen LogP contribution in [0.25, 0.3) is 0 Å². The molecule has 19 heavy (non-hydrogen) atoms. The van der Waals surface area contributed by atoms with Gasteiger partial charge in [0.1, 0.15) is 0 Å². The van der Waals surface area contributed by atoms with Gasteiger partial charge in [0.25, 0.3) is 0 Å². The molecule has 0 radical (unpaired) electrons. The molecule has 1 aliphatic heterocycles. The normalized spacial score (nSPS) is 21.7. The average molecular weight is 284 g/mol. The largest absolute Gasteiger partial charge is 0.494 e. The molecule has 0 unspecified atom stereocenters. The van der Waals surface area contributed by atoms with Crippen LogP contribution in [0, 0.1) is 0 Å². The Labute approximate surface area is 113 Å². The molecule has 0 saturated carbocycles. The van der Waals surface area contributed by atoms with Gasteiger partial charge in [-0.25, -0.2) is 0 Å². The molecular weight excluding hydrogens is 266 g/mol. The van der Waals surface area contributed by atoms with Crippen LogP contribution in [0.5, 0.6) is 0 Å². The Balaban J connectivity index is 2.33. The minimum atomic E-state index is -4.26. The van der Waals surface area contributed by atoms with Crippen LogP contribution < -0.4 is 10.8 Å². The van der Waals surface area contributed by atoms with Crippen molar-refractivity contribution >= 4 is 25.5 Å². The van der Waals surface area contributed by atoms with E-state index in [0.717, 1.165) is 0 Å². The molecule has 2 rings (SSSR count). The highest BCUT2D eigenvalue weighted by atomic mass is 31.2. The summed E-state index contributed by atoms with van der Waals surface area (Å²) in [4.78, 5) is 18.4. The van der Waals surface area contributed by atoms with E-state index in [-0.39, 0.29) is 5.30 Å². The first kappa shape index (κ1) is 14.8. The Morgan fingerprint density at radius 3 is 2.11 bits per heavy atom. The van der Waals surface area contributed by atoms with E-state index >= 15 is 0 Å². The molecule has 1 fully saturated rings. The van der Waals surface area contributed by atoms with E-state index < -0.39 is 25.9 Å². The molecule has 7 heteroatoms. The van der Waals surface area contributed by atoms with Crippen LogP contribution in [-0.4, -0.2) is 28.1 Å². The van der Waals surface area contributed by atoms with Crippen LogP contribution in [0.4, 0.5) is 0 Å². The third-order valence-electron chi connectivity index (χ3n) is 3.73. The summed E-state index contributed by atoms with van der Waals surface area (Å²) < 4.78 is 23.0. The summed E-state index contributed by atoms with van der Waals surface area (Å²) in [5.41, 5.74) is -0.342. The Morgan fingerprint density at radius 1 is 1.11 bits per heavy atom.